The van der Waals surface area contributed by atoms with Crippen molar-refractivity contribution in [3.8, 4) is 0 Å². The van der Waals surface area contributed by atoms with E-state index in [1.54, 1.807) is 12.4 Å². The van der Waals surface area contributed by atoms with Crippen LogP contribution >= 0.6 is 0 Å². The molecular formula is C16H25FN4O3. The summed E-state index contributed by atoms with van der Waals surface area (Å²) in [6, 6.07) is 1.59. The number of halogens is 1. The molecule has 1 aromatic heterocycles. The lowest BCUT2D eigenvalue weighted by Crippen LogP contribution is -2.27. The lowest BCUT2D eigenvalue weighted by atomic mass is 10.2. The van der Waals surface area contributed by atoms with Crippen LogP contribution < -0.4 is 5.69 Å². The molecule has 0 amide bonds. The van der Waals surface area contributed by atoms with Gasteiger partial charge in [0.1, 0.15) is 18.5 Å². The topological polar surface area (TPSA) is 80.0 Å². The van der Waals surface area contributed by atoms with Gasteiger partial charge in [-0.25, -0.2) is 14.2 Å². The third-order valence-electron chi connectivity index (χ3n) is 3.84. The van der Waals surface area contributed by atoms with E-state index in [9.17, 15) is 9.18 Å². The highest BCUT2D eigenvalue weighted by molar-refractivity contribution is 5.59. The summed E-state index contributed by atoms with van der Waals surface area (Å²) < 4.78 is 20.2. The smallest absolute Gasteiger partial charge is 0.351 e. The molecule has 1 saturated heterocycles. The van der Waals surface area contributed by atoms with Crippen LogP contribution in [0.1, 0.15) is 39.3 Å². The lowest BCUT2D eigenvalue weighted by molar-refractivity contribution is -0.0355. The number of rotatable bonds is 8. The van der Waals surface area contributed by atoms with E-state index in [1.807, 2.05) is 0 Å². The van der Waals surface area contributed by atoms with Crippen molar-refractivity contribution in [2.45, 2.75) is 51.6 Å². The number of aliphatic imine (C=N–C) groups is 1. The minimum atomic E-state index is -1.29. The number of hydrogen-bond donors (Lipinski definition) is 1. The Morgan fingerprint density at radius 2 is 2.21 bits per heavy atom. The summed E-state index contributed by atoms with van der Waals surface area (Å²) in [5, 5.41) is 9.03. The molecule has 0 saturated carbocycles. The average molecular weight is 340 g/mol. The fourth-order valence-electron chi connectivity index (χ4n) is 2.66. The van der Waals surface area contributed by atoms with Gasteiger partial charge in [-0.2, -0.15) is 4.98 Å². The van der Waals surface area contributed by atoms with Crippen molar-refractivity contribution in [2.24, 2.45) is 4.99 Å². The molecule has 8 heteroatoms. The van der Waals surface area contributed by atoms with Gasteiger partial charge >= 0.3 is 5.69 Å². The second-order valence-electron chi connectivity index (χ2n) is 5.82. The first kappa shape index (κ1) is 18.5. The molecule has 1 aromatic rings. The summed E-state index contributed by atoms with van der Waals surface area (Å²) in [5.41, 5.74) is -0.544. The molecule has 1 fully saturated rings. The summed E-state index contributed by atoms with van der Waals surface area (Å²) in [7, 11) is 0. The maximum Gasteiger partial charge on any atom is 0.351 e. The van der Waals surface area contributed by atoms with E-state index in [0.717, 1.165) is 25.9 Å². The van der Waals surface area contributed by atoms with Gasteiger partial charge in [-0.15, -0.1) is 0 Å². The van der Waals surface area contributed by atoms with Gasteiger partial charge in [-0.05, 0) is 18.9 Å². The first-order valence-corrected chi connectivity index (χ1v) is 8.36. The molecule has 0 bridgehead atoms. The summed E-state index contributed by atoms with van der Waals surface area (Å²) in [6.45, 7) is 5.56. The number of aliphatic hydroxyl groups excluding tert-OH is 1. The van der Waals surface area contributed by atoms with Gasteiger partial charge in [0.25, 0.3) is 0 Å². The van der Waals surface area contributed by atoms with Crippen molar-refractivity contribution >= 4 is 12.2 Å². The maximum atomic E-state index is 13.6. The van der Waals surface area contributed by atoms with Crippen LogP contribution in [0.15, 0.2) is 22.1 Å². The summed E-state index contributed by atoms with van der Waals surface area (Å²) >= 11 is 0. The van der Waals surface area contributed by atoms with Crippen LogP contribution in [0.5, 0.6) is 0 Å². The summed E-state index contributed by atoms with van der Waals surface area (Å²) in [5.74, 6) is 0.307. The number of hydrogen-bond acceptors (Lipinski definition) is 5. The molecular weight excluding hydrogens is 315 g/mol. The van der Waals surface area contributed by atoms with Crippen molar-refractivity contribution in [1.29, 1.82) is 0 Å². The Morgan fingerprint density at radius 1 is 1.50 bits per heavy atom. The van der Waals surface area contributed by atoms with Crippen molar-refractivity contribution in [3.05, 3.63) is 22.7 Å². The predicted octanol–water partition coefficient (Wildman–Crippen LogP) is 1.64. The average Bonchev–Trinajstić information content (AvgIpc) is 2.93. The number of alkyl halides is 1. The van der Waals surface area contributed by atoms with Crippen LogP contribution in [0.3, 0.4) is 0 Å². The molecule has 0 aromatic carbocycles. The van der Waals surface area contributed by atoms with Gasteiger partial charge < -0.3 is 14.7 Å². The minimum absolute atomic E-state index is 0.0240. The largest absolute Gasteiger partial charge is 0.394 e. The highest BCUT2D eigenvalue weighted by Gasteiger charge is 2.36. The second kappa shape index (κ2) is 8.89. The van der Waals surface area contributed by atoms with Gasteiger partial charge in [0, 0.05) is 25.7 Å². The predicted molar refractivity (Wildman–Crippen MR) is 89.3 cm³/mol. The quantitative estimate of drug-likeness (QED) is 0.575. The highest BCUT2D eigenvalue weighted by Crippen LogP contribution is 2.29. The zero-order valence-corrected chi connectivity index (χ0v) is 14.1. The molecule has 1 aliphatic rings. The van der Waals surface area contributed by atoms with Crippen molar-refractivity contribution in [1.82, 2.24) is 14.5 Å². The first-order chi connectivity index (χ1) is 11.6. The Morgan fingerprint density at radius 3 is 2.75 bits per heavy atom. The zero-order chi connectivity index (χ0) is 17.5. The summed E-state index contributed by atoms with van der Waals surface area (Å²) in [6.07, 6.45) is 2.32. The van der Waals surface area contributed by atoms with E-state index >= 15 is 0 Å². The SMILES string of the molecule is CCCN(C=Nc1ccn([C@H]2C[C@H](F)[C@@H](CO)O2)c(=O)n1)CCC. The molecule has 134 valence electrons. The molecule has 0 radical (unpaired) electrons. The van der Waals surface area contributed by atoms with Crippen LogP contribution in [0, 0.1) is 0 Å². The number of ether oxygens (including phenoxy) is 1. The molecule has 0 unspecified atom stereocenters. The molecule has 24 heavy (non-hydrogen) atoms. The van der Waals surface area contributed by atoms with Gasteiger partial charge in [0.05, 0.1) is 12.9 Å². The summed E-state index contributed by atoms with van der Waals surface area (Å²) in [4.78, 5) is 22.3. The maximum absolute atomic E-state index is 13.6. The van der Waals surface area contributed by atoms with Gasteiger partial charge in [0.15, 0.2) is 5.82 Å². The molecule has 1 N–H and O–H groups in total. The highest BCUT2D eigenvalue weighted by atomic mass is 19.1. The van der Waals surface area contributed by atoms with Crippen LogP contribution in [0.25, 0.3) is 0 Å². The number of aliphatic hydroxyl groups is 1. The third-order valence-corrected chi connectivity index (χ3v) is 3.84. The van der Waals surface area contributed by atoms with Crippen LogP contribution in [-0.2, 0) is 4.74 Å². The van der Waals surface area contributed by atoms with Crippen LogP contribution in [0.4, 0.5) is 10.2 Å². The Bertz CT molecular complexity index is 601. The van der Waals surface area contributed by atoms with Crippen LogP contribution in [-0.4, -0.2) is 57.9 Å². The molecule has 1 aliphatic heterocycles. The minimum Gasteiger partial charge on any atom is -0.394 e. The Hall–Kier alpha value is -1.80. The second-order valence-corrected chi connectivity index (χ2v) is 5.82. The Kier molecular flexibility index (Phi) is 6.86. The zero-order valence-electron chi connectivity index (χ0n) is 14.1. The van der Waals surface area contributed by atoms with E-state index < -0.39 is 30.8 Å². The van der Waals surface area contributed by atoms with Gasteiger partial charge in [-0.1, -0.05) is 13.8 Å². The first-order valence-electron chi connectivity index (χ1n) is 8.36. The van der Waals surface area contributed by atoms with Crippen molar-refractivity contribution in [2.75, 3.05) is 19.7 Å². The molecule has 2 heterocycles. The lowest BCUT2D eigenvalue weighted by Gasteiger charge is -2.17. The van der Waals surface area contributed by atoms with E-state index in [2.05, 4.69) is 28.7 Å². The van der Waals surface area contributed by atoms with Crippen molar-refractivity contribution < 1.29 is 14.2 Å². The van der Waals surface area contributed by atoms with E-state index in [4.69, 9.17) is 9.84 Å². The molecule has 7 nitrogen and oxygen atoms in total. The Balaban J connectivity index is 2.08. The fraction of sp³-hybridized carbons (Fsp3) is 0.688. The Labute approximate surface area is 140 Å². The molecule has 0 spiro atoms. The monoisotopic (exact) mass is 340 g/mol. The standard InChI is InChI=1S/C16H25FN4O3/c1-3-6-20(7-4-2)11-18-14-5-8-21(16(23)19-14)15-9-12(17)13(10-22)24-15/h5,8,11-13,15,22H,3-4,6-7,9-10H2,1-2H3/t12-,13+,15+/m0/s1. The fourth-order valence-corrected chi connectivity index (χ4v) is 2.66. The van der Waals surface area contributed by atoms with E-state index in [1.165, 1.54) is 10.8 Å². The molecule has 0 aliphatic carbocycles. The van der Waals surface area contributed by atoms with E-state index in [0.29, 0.717) is 5.82 Å². The van der Waals surface area contributed by atoms with E-state index in [-0.39, 0.29) is 6.42 Å². The number of nitrogens with zero attached hydrogens (tertiary/aromatic N) is 4. The molecule has 2 rings (SSSR count). The van der Waals surface area contributed by atoms with Crippen LogP contribution in [0.2, 0.25) is 0 Å². The molecule has 3 atom stereocenters. The third kappa shape index (κ3) is 4.61. The number of aromatic nitrogens is 2. The van der Waals surface area contributed by atoms with Crippen molar-refractivity contribution in [3.63, 3.8) is 0 Å². The normalized spacial score (nSPS) is 23.9. The van der Waals surface area contributed by atoms with Gasteiger partial charge in [-0.3, -0.25) is 4.57 Å². The van der Waals surface area contributed by atoms with Gasteiger partial charge in [0.2, 0.25) is 0 Å².